The van der Waals surface area contributed by atoms with Crippen LogP contribution in [0, 0.1) is 16.0 Å². The predicted octanol–water partition coefficient (Wildman–Crippen LogP) is 7.09. The maximum Gasteiger partial charge on any atom is 0.311 e. The second-order valence-electron chi connectivity index (χ2n) is 11.4. The van der Waals surface area contributed by atoms with Gasteiger partial charge < -0.3 is 19.4 Å². The first-order valence-electron chi connectivity index (χ1n) is 14.2. The molecule has 1 aromatic rings. The molecule has 9 nitrogen and oxygen atoms in total. The van der Waals surface area contributed by atoms with E-state index in [0.29, 0.717) is 5.56 Å². The number of phenolic OH excluding ortho intramolecular Hbond substituents is 1. The van der Waals surface area contributed by atoms with Crippen molar-refractivity contribution < 1.29 is 34.1 Å². The van der Waals surface area contributed by atoms with E-state index in [-0.39, 0.29) is 60.8 Å². The van der Waals surface area contributed by atoms with E-state index in [1.807, 2.05) is 19.1 Å². The molecule has 0 radical (unpaired) electrons. The molecule has 2 atom stereocenters. The number of carbonyl (C=O) groups excluding carboxylic acids is 2. The van der Waals surface area contributed by atoms with Gasteiger partial charge in [-0.15, -0.1) is 10.1 Å². The fourth-order valence-electron chi connectivity index (χ4n) is 5.22. The molecule has 2 unspecified atom stereocenters. The van der Waals surface area contributed by atoms with E-state index >= 15 is 0 Å². The monoisotopic (exact) mass is 559 g/mol. The Labute approximate surface area is 237 Å². The van der Waals surface area contributed by atoms with E-state index in [4.69, 9.17) is 9.47 Å². The number of allylic oxidation sites excluding steroid dienone is 2. The smallest absolute Gasteiger partial charge is 0.311 e. The van der Waals surface area contributed by atoms with Crippen LogP contribution in [0.25, 0.3) is 0 Å². The first-order valence-corrected chi connectivity index (χ1v) is 14.2. The van der Waals surface area contributed by atoms with E-state index in [0.717, 1.165) is 61.7 Å². The van der Waals surface area contributed by atoms with E-state index in [2.05, 4.69) is 32.2 Å². The van der Waals surface area contributed by atoms with Gasteiger partial charge in [0.25, 0.3) is 5.09 Å². The summed E-state index contributed by atoms with van der Waals surface area (Å²) in [7, 11) is 0. The number of carbonyl (C=O) groups is 2. The summed E-state index contributed by atoms with van der Waals surface area (Å²) in [6.45, 7) is 13.8. The third-order valence-electron chi connectivity index (χ3n) is 7.56. The number of hydrogen-bond donors (Lipinski definition) is 1. The summed E-state index contributed by atoms with van der Waals surface area (Å²) >= 11 is 0. The van der Waals surface area contributed by atoms with Crippen molar-refractivity contribution in [1.82, 2.24) is 0 Å². The van der Waals surface area contributed by atoms with E-state index in [1.165, 1.54) is 6.92 Å². The molecule has 0 saturated heterocycles. The lowest BCUT2D eigenvalue weighted by molar-refractivity contribution is -0.757. The van der Waals surface area contributed by atoms with Crippen LogP contribution in [-0.4, -0.2) is 35.3 Å². The second kappa shape index (κ2) is 15.4. The van der Waals surface area contributed by atoms with Gasteiger partial charge in [0.15, 0.2) is 0 Å². The zero-order chi connectivity index (χ0) is 29.9. The van der Waals surface area contributed by atoms with Crippen LogP contribution >= 0.6 is 0 Å². The van der Waals surface area contributed by atoms with E-state index in [9.17, 15) is 24.8 Å². The summed E-state index contributed by atoms with van der Waals surface area (Å²) in [6, 6.07) is 3.60. The number of nitrogens with zero attached hydrogens (tertiary/aromatic N) is 1. The summed E-state index contributed by atoms with van der Waals surface area (Å²) in [5.74, 6) is -1.02. The molecule has 40 heavy (non-hydrogen) atoms. The van der Waals surface area contributed by atoms with Crippen molar-refractivity contribution in [1.29, 1.82) is 0 Å². The summed E-state index contributed by atoms with van der Waals surface area (Å²) in [5, 5.41) is 21.0. The average Bonchev–Trinajstić information content (AvgIpc) is 2.87. The summed E-state index contributed by atoms with van der Waals surface area (Å²) in [4.78, 5) is 39.0. The number of esters is 2. The maximum atomic E-state index is 12.8. The Morgan fingerprint density at radius 3 is 2.52 bits per heavy atom. The molecule has 1 aliphatic carbocycles. The Balaban J connectivity index is 2.50. The molecule has 222 valence electrons. The molecular weight excluding hydrogens is 514 g/mol. The quantitative estimate of drug-likeness (QED) is 0.0568. The number of unbranched alkanes of at least 4 members (excludes halogenated alkanes) is 3. The molecule has 1 N–H and O–H groups in total. The minimum absolute atomic E-state index is 0.0224. The highest BCUT2D eigenvalue weighted by molar-refractivity contribution is 5.73. The molecule has 1 aromatic carbocycles. The lowest BCUT2D eigenvalue weighted by Gasteiger charge is -2.33. The third-order valence-corrected chi connectivity index (χ3v) is 7.56. The zero-order valence-electron chi connectivity index (χ0n) is 24.6. The highest BCUT2D eigenvalue weighted by atomic mass is 16.9. The van der Waals surface area contributed by atoms with Crippen LogP contribution in [-0.2, 0) is 24.6 Å². The lowest BCUT2D eigenvalue weighted by atomic mass is 9.72. The Hall–Kier alpha value is -3.36. The largest absolute Gasteiger partial charge is 0.507 e. The second-order valence-corrected chi connectivity index (χ2v) is 11.4. The molecule has 0 bridgehead atoms. The van der Waals surface area contributed by atoms with Gasteiger partial charge in [0.1, 0.15) is 18.1 Å². The highest BCUT2D eigenvalue weighted by Crippen LogP contribution is 2.48. The topological polar surface area (TPSA) is 125 Å². The molecular formula is C31H45NO8. The van der Waals surface area contributed by atoms with Crippen LogP contribution in [0.5, 0.6) is 11.5 Å². The number of rotatable bonds is 16. The average molecular weight is 560 g/mol. The number of phenols is 1. The van der Waals surface area contributed by atoms with Gasteiger partial charge >= 0.3 is 11.9 Å². The predicted molar refractivity (Wildman–Crippen MR) is 153 cm³/mol. The van der Waals surface area contributed by atoms with Crippen LogP contribution in [0.1, 0.15) is 109 Å². The van der Waals surface area contributed by atoms with Crippen molar-refractivity contribution in [3.05, 3.63) is 57.2 Å². The van der Waals surface area contributed by atoms with Crippen LogP contribution < -0.4 is 4.74 Å². The first-order chi connectivity index (χ1) is 18.9. The zero-order valence-corrected chi connectivity index (χ0v) is 24.6. The van der Waals surface area contributed by atoms with Gasteiger partial charge in [-0.2, -0.15) is 0 Å². The fraction of sp³-hybridized carbons (Fsp3) is 0.613. The number of benzene rings is 1. The number of ether oxygens (including phenoxy) is 2. The standard InChI is InChI=1S/C31H45NO8/c1-7-8-9-10-15-31(5,6)24-18-27(34)30(28(19-24)40-29(35)12-11-16-39-32(36)37)26-17-23(20-38-22(4)33)13-14-25(26)21(2)3/h17-19,25-26,34H,2,7-16,20H2,1,3-6H3. The van der Waals surface area contributed by atoms with Crippen LogP contribution in [0.2, 0.25) is 0 Å². The first kappa shape index (κ1) is 32.8. The highest BCUT2D eigenvalue weighted by Gasteiger charge is 2.33. The summed E-state index contributed by atoms with van der Waals surface area (Å²) in [5.41, 5.74) is 2.92. The lowest BCUT2D eigenvalue weighted by Crippen LogP contribution is -2.22. The van der Waals surface area contributed by atoms with Crippen LogP contribution in [0.3, 0.4) is 0 Å². The van der Waals surface area contributed by atoms with Gasteiger partial charge in [0, 0.05) is 24.8 Å². The molecule has 0 spiro atoms. The van der Waals surface area contributed by atoms with Crippen LogP contribution in [0.15, 0.2) is 35.9 Å². The molecule has 0 heterocycles. The van der Waals surface area contributed by atoms with Crippen molar-refractivity contribution in [2.45, 2.75) is 104 Å². The Morgan fingerprint density at radius 2 is 1.90 bits per heavy atom. The molecule has 0 aromatic heterocycles. The fourth-order valence-corrected chi connectivity index (χ4v) is 5.22. The van der Waals surface area contributed by atoms with Crippen molar-refractivity contribution in [3.8, 4) is 11.5 Å². The SMILES string of the molecule is C=C(C)C1CCC(COC(C)=O)=CC1c1c(O)cc(C(C)(C)CCCCCC)cc1OC(=O)CCCO[N+](=O)[O-]. The summed E-state index contributed by atoms with van der Waals surface area (Å²) in [6.07, 6.45) is 8.85. The van der Waals surface area contributed by atoms with Crippen molar-refractivity contribution in [3.63, 3.8) is 0 Å². The Morgan fingerprint density at radius 1 is 1.18 bits per heavy atom. The Kier molecular flexibility index (Phi) is 12.7. The molecule has 0 fully saturated rings. The molecule has 9 heteroatoms. The summed E-state index contributed by atoms with van der Waals surface area (Å²) < 4.78 is 11.1. The molecule has 1 aliphatic rings. The minimum Gasteiger partial charge on any atom is -0.507 e. The number of aromatic hydroxyl groups is 1. The van der Waals surface area contributed by atoms with Gasteiger partial charge in [0.05, 0.1) is 6.61 Å². The minimum atomic E-state index is -0.895. The van der Waals surface area contributed by atoms with Crippen LogP contribution in [0.4, 0.5) is 0 Å². The van der Waals surface area contributed by atoms with Gasteiger partial charge in [-0.05, 0) is 67.2 Å². The number of hydrogen-bond acceptors (Lipinski definition) is 8. The normalized spacial score (nSPS) is 17.1. The van der Waals surface area contributed by atoms with E-state index < -0.39 is 11.1 Å². The molecule has 2 rings (SSSR count). The van der Waals surface area contributed by atoms with Gasteiger partial charge in [-0.1, -0.05) is 64.7 Å². The van der Waals surface area contributed by atoms with E-state index in [1.54, 1.807) is 6.07 Å². The van der Waals surface area contributed by atoms with Crippen molar-refractivity contribution in [2.75, 3.05) is 13.2 Å². The van der Waals surface area contributed by atoms with Gasteiger partial charge in [-0.3, -0.25) is 9.59 Å². The maximum absolute atomic E-state index is 12.8. The molecule has 0 saturated carbocycles. The molecule has 0 amide bonds. The Bertz CT molecular complexity index is 1090. The molecule has 0 aliphatic heterocycles. The van der Waals surface area contributed by atoms with Crippen molar-refractivity contribution >= 4 is 11.9 Å². The van der Waals surface area contributed by atoms with Gasteiger partial charge in [-0.25, -0.2) is 0 Å². The van der Waals surface area contributed by atoms with Crippen molar-refractivity contribution in [2.24, 2.45) is 5.92 Å². The van der Waals surface area contributed by atoms with Gasteiger partial charge in [0.2, 0.25) is 0 Å². The third kappa shape index (κ3) is 9.99.